The summed E-state index contributed by atoms with van der Waals surface area (Å²) in [7, 11) is 0. The van der Waals surface area contributed by atoms with Gasteiger partial charge >= 0.3 is 29.5 Å². The molecule has 0 aliphatic rings. The van der Waals surface area contributed by atoms with Crippen molar-refractivity contribution in [3.8, 4) is 5.75 Å². The quantitative estimate of drug-likeness (QED) is 0.522. The Bertz CT molecular complexity index is 620. The van der Waals surface area contributed by atoms with Crippen LogP contribution in [0.25, 0.3) is 0 Å². The minimum Gasteiger partial charge on any atom is -0.481 e. The first-order chi connectivity index (χ1) is 10.1. The van der Waals surface area contributed by atoms with Gasteiger partial charge in [0.2, 0.25) is 0 Å². The fourth-order valence-corrected chi connectivity index (χ4v) is 1.72. The normalized spacial score (nSPS) is 12.2. The van der Waals surface area contributed by atoms with Crippen LogP contribution in [0, 0.1) is 5.92 Å². The van der Waals surface area contributed by atoms with E-state index in [1.807, 2.05) is 0 Å². The molecule has 4 N–H and O–H groups in total. The molecule has 0 saturated carbocycles. The summed E-state index contributed by atoms with van der Waals surface area (Å²) in [6, 6.07) is 4.72. The number of hydrogen-bond donors (Lipinski definition) is 4. The van der Waals surface area contributed by atoms with Gasteiger partial charge in [0, 0.05) is 0 Å². The number of hydrogen-bond acceptors (Lipinski definition) is 5. The molecule has 1 atom stereocenters. The number of para-hydroxylation sites is 1. The van der Waals surface area contributed by atoms with Crippen molar-refractivity contribution in [2.75, 3.05) is 0 Å². The smallest absolute Gasteiger partial charge is 0.360 e. The van der Waals surface area contributed by atoms with Gasteiger partial charge in [0.15, 0.2) is 0 Å². The predicted octanol–water partition coefficient (Wildman–Crippen LogP) is 0.392. The molecule has 0 aliphatic heterocycles. The number of benzene rings is 1. The van der Waals surface area contributed by atoms with Crippen LogP contribution in [0.15, 0.2) is 24.3 Å². The van der Waals surface area contributed by atoms with Gasteiger partial charge in [-0.05, 0) is 19.1 Å². The van der Waals surface area contributed by atoms with Crippen molar-refractivity contribution in [1.82, 2.24) is 0 Å². The van der Waals surface area contributed by atoms with E-state index in [0.717, 1.165) is 19.1 Å². The first-order valence-electron chi connectivity index (χ1n) is 5.85. The lowest BCUT2D eigenvalue weighted by molar-refractivity contribution is -0.183. The van der Waals surface area contributed by atoms with Crippen molar-refractivity contribution in [3.63, 3.8) is 0 Å². The zero-order chi connectivity index (χ0) is 17.1. The van der Waals surface area contributed by atoms with Crippen LogP contribution in [0.4, 0.5) is 0 Å². The molecule has 1 unspecified atom stereocenters. The van der Waals surface area contributed by atoms with Crippen LogP contribution in [0.3, 0.4) is 0 Å². The molecule has 1 rings (SSSR count). The number of rotatable bonds is 7. The molecule has 0 fully saturated rings. The fraction of sp³-hybridized carbons (Fsp3) is 0.231. The maximum atomic E-state index is 11.4. The van der Waals surface area contributed by atoms with Gasteiger partial charge in [-0.3, -0.25) is 4.79 Å². The summed E-state index contributed by atoms with van der Waals surface area (Å²) in [6.07, 6.45) is 0. The Hall–Kier alpha value is -3.10. The summed E-state index contributed by atoms with van der Waals surface area (Å²) in [6.45, 7) is 0.841. The second-order valence-corrected chi connectivity index (χ2v) is 4.31. The molecule has 0 aromatic heterocycles. The highest BCUT2D eigenvalue weighted by atomic mass is 16.6. The second-order valence-electron chi connectivity index (χ2n) is 4.31. The number of ether oxygens (including phenoxy) is 1. The van der Waals surface area contributed by atoms with Crippen molar-refractivity contribution in [1.29, 1.82) is 0 Å². The van der Waals surface area contributed by atoms with Gasteiger partial charge in [0.25, 0.3) is 0 Å². The van der Waals surface area contributed by atoms with E-state index in [9.17, 15) is 29.4 Å². The van der Waals surface area contributed by atoms with Crippen molar-refractivity contribution in [2.24, 2.45) is 5.92 Å². The number of aromatic carboxylic acids is 1. The van der Waals surface area contributed by atoms with E-state index in [1.54, 1.807) is 0 Å². The average Bonchev–Trinajstić information content (AvgIpc) is 2.43. The van der Waals surface area contributed by atoms with E-state index in [2.05, 4.69) is 0 Å². The minimum absolute atomic E-state index is 0.494. The Balaban J connectivity index is 3.49. The van der Waals surface area contributed by atoms with Crippen molar-refractivity contribution in [3.05, 3.63) is 29.8 Å². The summed E-state index contributed by atoms with van der Waals surface area (Å²) in [5.74, 6) is -9.87. The summed E-state index contributed by atoms with van der Waals surface area (Å²) in [5.41, 5.74) is -3.66. The molecule has 118 valence electrons. The lowest BCUT2D eigenvalue weighted by atomic mass is 9.88. The zero-order valence-corrected chi connectivity index (χ0v) is 11.2. The maximum absolute atomic E-state index is 11.4. The third-order valence-electron chi connectivity index (χ3n) is 3.00. The monoisotopic (exact) mass is 312 g/mol. The van der Waals surface area contributed by atoms with Crippen LogP contribution >= 0.6 is 0 Å². The second kappa shape index (κ2) is 6.12. The van der Waals surface area contributed by atoms with Crippen LogP contribution in [-0.2, 0) is 14.4 Å². The van der Waals surface area contributed by atoms with Gasteiger partial charge in [-0.1, -0.05) is 12.1 Å². The lowest BCUT2D eigenvalue weighted by Gasteiger charge is -2.29. The molecular weight excluding hydrogens is 300 g/mol. The highest BCUT2D eigenvalue weighted by molar-refractivity contribution is 6.06. The van der Waals surface area contributed by atoms with E-state index in [-0.39, 0.29) is 0 Å². The van der Waals surface area contributed by atoms with Crippen LogP contribution in [0.5, 0.6) is 5.75 Å². The zero-order valence-electron chi connectivity index (χ0n) is 11.2. The van der Waals surface area contributed by atoms with Crippen molar-refractivity contribution < 1.29 is 44.3 Å². The standard InChI is InChI=1S/C13H12O9/c1-6(9(14)15)13(11(18)19,12(20)21)22-8-5-3-2-4-7(8)10(16)17/h2-6H,1H3,(H,14,15)(H,16,17)(H,18,19)(H,20,21). The van der Waals surface area contributed by atoms with E-state index in [0.29, 0.717) is 0 Å². The van der Waals surface area contributed by atoms with Crippen molar-refractivity contribution >= 4 is 23.9 Å². The molecule has 1 aromatic carbocycles. The highest BCUT2D eigenvalue weighted by Gasteiger charge is 2.57. The Morgan fingerprint density at radius 2 is 1.50 bits per heavy atom. The highest BCUT2D eigenvalue weighted by Crippen LogP contribution is 2.29. The molecule has 0 spiro atoms. The van der Waals surface area contributed by atoms with E-state index >= 15 is 0 Å². The van der Waals surface area contributed by atoms with E-state index in [1.165, 1.54) is 12.1 Å². The van der Waals surface area contributed by atoms with Crippen molar-refractivity contribution in [2.45, 2.75) is 12.5 Å². The molecule has 9 heteroatoms. The average molecular weight is 312 g/mol. The number of carbonyl (C=O) groups is 4. The van der Waals surface area contributed by atoms with Crippen LogP contribution in [0.2, 0.25) is 0 Å². The third-order valence-corrected chi connectivity index (χ3v) is 3.00. The largest absolute Gasteiger partial charge is 0.481 e. The van der Waals surface area contributed by atoms with E-state index in [4.69, 9.17) is 14.9 Å². The van der Waals surface area contributed by atoms with Gasteiger partial charge in [0.1, 0.15) is 17.2 Å². The Labute approximate surface area is 123 Å². The number of carboxylic acid groups (broad SMARTS) is 4. The van der Waals surface area contributed by atoms with Crippen LogP contribution in [-0.4, -0.2) is 49.9 Å². The summed E-state index contributed by atoms with van der Waals surface area (Å²) >= 11 is 0. The summed E-state index contributed by atoms with van der Waals surface area (Å²) in [5, 5.41) is 36.3. The Kier molecular flexibility index (Phi) is 4.72. The predicted molar refractivity (Wildman–Crippen MR) is 68.8 cm³/mol. The topological polar surface area (TPSA) is 158 Å². The number of carboxylic acids is 4. The van der Waals surface area contributed by atoms with E-state index < -0.39 is 46.7 Å². The molecule has 0 amide bonds. The summed E-state index contributed by atoms with van der Waals surface area (Å²) in [4.78, 5) is 44.9. The van der Waals surface area contributed by atoms with Crippen LogP contribution < -0.4 is 4.74 Å². The van der Waals surface area contributed by atoms with Crippen LogP contribution in [0.1, 0.15) is 17.3 Å². The number of aliphatic carboxylic acids is 3. The first-order valence-corrected chi connectivity index (χ1v) is 5.85. The SMILES string of the molecule is CC(C(=O)O)C(Oc1ccccc1C(=O)O)(C(=O)O)C(=O)O. The van der Waals surface area contributed by atoms with Gasteiger partial charge in [-0.15, -0.1) is 0 Å². The molecule has 9 nitrogen and oxygen atoms in total. The molecule has 0 bridgehead atoms. The third kappa shape index (κ3) is 2.82. The summed E-state index contributed by atoms with van der Waals surface area (Å²) < 4.78 is 4.88. The first kappa shape index (κ1) is 17.0. The minimum atomic E-state index is -3.17. The molecule has 0 heterocycles. The maximum Gasteiger partial charge on any atom is 0.360 e. The molecule has 0 radical (unpaired) electrons. The molecule has 1 aromatic rings. The van der Waals surface area contributed by atoms with Gasteiger partial charge in [-0.25, -0.2) is 14.4 Å². The van der Waals surface area contributed by atoms with Gasteiger partial charge in [0.05, 0.1) is 0 Å². The molecule has 22 heavy (non-hydrogen) atoms. The lowest BCUT2D eigenvalue weighted by Crippen LogP contribution is -2.59. The van der Waals surface area contributed by atoms with Gasteiger partial charge in [-0.2, -0.15) is 0 Å². The van der Waals surface area contributed by atoms with Gasteiger partial charge < -0.3 is 25.2 Å². The Morgan fingerprint density at radius 1 is 1.00 bits per heavy atom. The molecule has 0 aliphatic carbocycles. The fourth-order valence-electron chi connectivity index (χ4n) is 1.72. The molecular formula is C13H12O9. The Morgan fingerprint density at radius 3 is 1.91 bits per heavy atom. The molecule has 0 saturated heterocycles.